The van der Waals surface area contributed by atoms with Crippen LogP contribution in [-0.2, 0) is 0 Å². The van der Waals surface area contributed by atoms with Gasteiger partial charge in [0, 0.05) is 17.7 Å². The van der Waals surface area contributed by atoms with E-state index in [2.05, 4.69) is 5.43 Å². The van der Waals surface area contributed by atoms with E-state index in [1.165, 1.54) is 25.7 Å². The fraction of sp³-hybridized carbons (Fsp3) is 0.600. The lowest BCUT2D eigenvalue weighted by atomic mass is 9.93. The van der Waals surface area contributed by atoms with Gasteiger partial charge in [-0.25, -0.2) is 0 Å². The lowest BCUT2D eigenvalue weighted by Crippen LogP contribution is -2.29. The molecule has 19 heavy (non-hydrogen) atoms. The lowest BCUT2D eigenvalue weighted by Gasteiger charge is -2.22. The molecule has 0 heterocycles. The number of benzene rings is 1. The van der Waals surface area contributed by atoms with Gasteiger partial charge in [-0.3, -0.25) is 11.3 Å². The summed E-state index contributed by atoms with van der Waals surface area (Å²) in [5.41, 5.74) is 4.05. The predicted octanol–water partition coefficient (Wildman–Crippen LogP) is 2.79. The summed E-state index contributed by atoms with van der Waals surface area (Å²) in [6, 6.07) is 6.05. The zero-order valence-electron chi connectivity index (χ0n) is 11.8. The quantitative estimate of drug-likeness (QED) is 0.613. The molecule has 0 saturated heterocycles. The van der Waals surface area contributed by atoms with E-state index in [1.54, 1.807) is 14.2 Å². The van der Waals surface area contributed by atoms with Crippen molar-refractivity contribution in [2.24, 2.45) is 11.8 Å². The molecule has 1 aliphatic carbocycles. The molecule has 1 atom stereocenters. The second-order valence-corrected chi connectivity index (χ2v) is 5.21. The summed E-state index contributed by atoms with van der Waals surface area (Å²) in [6.07, 6.45) is 6.40. The number of hydrazine groups is 1. The Morgan fingerprint density at radius 2 is 2.00 bits per heavy atom. The van der Waals surface area contributed by atoms with Crippen molar-refractivity contribution in [1.29, 1.82) is 0 Å². The zero-order chi connectivity index (χ0) is 13.7. The van der Waals surface area contributed by atoms with Crippen LogP contribution in [0.4, 0.5) is 0 Å². The van der Waals surface area contributed by atoms with E-state index >= 15 is 0 Å². The first-order chi connectivity index (χ1) is 9.28. The van der Waals surface area contributed by atoms with Crippen molar-refractivity contribution in [3.05, 3.63) is 23.8 Å². The molecule has 0 spiro atoms. The average molecular weight is 264 g/mol. The molecule has 106 valence electrons. The molecule has 0 amide bonds. The Hall–Kier alpha value is -1.26. The minimum Gasteiger partial charge on any atom is -0.497 e. The molecule has 1 saturated carbocycles. The number of ether oxygens (including phenoxy) is 2. The van der Waals surface area contributed by atoms with Crippen molar-refractivity contribution < 1.29 is 9.47 Å². The van der Waals surface area contributed by atoms with Gasteiger partial charge in [0.2, 0.25) is 0 Å². The SMILES string of the molecule is COc1ccc(C(CC2CCCC2)NN)c(OC)c1. The highest BCUT2D eigenvalue weighted by atomic mass is 16.5. The van der Waals surface area contributed by atoms with Crippen LogP contribution >= 0.6 is 0 Å². The second-order valence-electron chi connectivity index (χ2n) is 5.21. The first kappa shape index (κ1) is 14.2. The van der Waals surface area contributed by atoms with Gasteiger partial charge >= 0.3 is 0 Å². The Bertz CT molecular complexity index is 403. The standard InChI is InChI=1S/C15H24N2O2/c1-18-12-7-8-13(15(10-12)19-2)14(17-16)9-11-5-3-4-6-11/h7-8,10-11,14,17H,3-6,9,16H2,1-2H3. The molecule has 1 fully saturated rings. The number of hydrogen-bond acceptors (Lipinski definition) is 4. The summed E-state index contributed by atoms with van der Waals surface area (Å²) in [6.45, 7) is 0. The molecule has 0 bridgehead atoms. The van der Waals surface area contributed by atoms with E-state index in [4.69, 9.17) is 15.3 Å². The molecule has 4 nitrogen and oxygen atoms in total. The van der Waals surface area contributed by atoms with Gasteiger partial charge in [0.25, 0.3) is 0 Å². The summed E-state index contributed by atoms with van der Waals surface area (Å²) < 4.78 is 10.7. The summed E-state index contributed by atoms with van der Waals surface area (Å²) in [7, 11) is 3.34. The van der Waals surface area contributed by atoms with Crippen LogP contribution in [0.25, 0.3) is 0 Å². The van der Waals surface area contributed by atoms with Gasteiger partial charge in [-0.2, -0.15) is 0 Å². The molecule has 1 aromatic carbocycles. The fourth-order valence-electron chi connectivity index (χ4n) is 2.97. The first-order valence-electron chi connectivity index (χ1n) is 6.96. The van der Waals surface area contributed by atoms with Gasteiger partial charge in [0.15, 0.2) is 0 Å². The van der Waals surface area contributed by atoms with E-state index < -0.39 is 0 Å². The Kier molecular flexibility index (Phi) is 5.05. The van der Waals surface area contributed by atoms with Crippen molar-refractivity contribution in [1.82, 2.24) is 5.43 Å². The molecule has 3 N–H and O–H groups in total. The molecule has 4 heteroatoms. The van der Waals surface area contributed by atoms with Crippen LogP contribution in [0.5, 0.6) is 11.5 Å². The van der Waals surface area contributed by atoms with Crippen LogP contribution in [-0.4, -0.2) is 14.2 Å². The monoisotopic (exact) mass is 264 g/mol. The Morgan fingerprint density at radius 1 is 1.26 bits per heavy atom. The predicted molar refractivity (Wildman–Crippen MR) is 76.2 cm³/mol. The average Bonchev–Trinajstić information content (AvgIpc) is 2.97. The maximum Gasteiger partial charge on any atom is 0.127 e. The number of nitrogens with one attached hydrogen (secondary N) is 1. The van der Waals surface area contributed by atoms with Crippen molar-refractivity contribution in [3.63, 3.8) is 0 Å². The van der Waals surface area contributed by atoms with E-state index in [-0.39, 0.29) is 6.04 Å². The zero-order valence-corrected chi connectivity index (χ0v) is 11.8. The van der Waals surface area contributed by atoms with Gasteiger partial charge < -0.3 is 9.47 Å². The van der Waals surface area contributed by atoms with Crippen LogP contribution in [0.15, 0.2) is 18.2 Å². The van der Waals surface area contributed by atoms with Crippen molar-refractivity contribution >= 4 is 0 Å². The van der Waals surface area contributed by atoms with Crippen molar-refractivity contribution in [2.75, 3.05) is 14.2 Å². The van der Waals surface area contributed by atoms with Crippen LogP contribution in [0.2, 0.25) is 0 Å². The summed E-state index contributed by atoms with van der Waals surface area (Å²) in [4.78, 5) is 0. The van der Waals surface area contributed by atoms with Gasteiger partial charge in [-0.15, -0.1) is 0 Å². The minimum absolute atomic E-state index is 0.143. The molecule has 0 radical (unpaired) electrons. The van der Waals surface area contributed by atoms with Crippen LogP contribution in [0, 0.1) is 5.92 Å². The summed E-state index contributed by atoms with van der Waals surface area (Å²) >= 11 is 0. The number of methoxy groups -OCH3 is 2. The number of nitrogens with two attached hydrogens (primary N) is 1. The number of rotatable bonds is 6. The van der Waals surface area contributed by atoms with Gasteiger partial charge in [0.05, 0.1) is 14.2 Å². The highest BCUT2D eigenvalue weighted by Gasteiger charge is 2.22. The topological polar surface area (TPSA) is 56.5 Å². The molecular formula is C15H24N2O2. The van der Waals surface area contributed by atoms with Gasteiger partial charge in [-0.1, -0.05) is 31.7 Å². The maximum absolute atomic E-state index is 5.74. The molecule has 1 aromatic rings. The highest BCUT2D eigenvalue weighted by molar-refractivity contribution is 5.42. The molecule has 0 aromatic heterocycles. The smallest absolute Gasteiger partial charge is 0.127 e. The van der Waals surface area contributed by atoms with Crippen molar-refractivity contribution in [3.8, 4) is 11.5 Å². The normalized spacial score (nSPS) is 17.4. The highest BCUT2D eigenvalue weighted by Crippen LogP contribution is 2.36. The molecule has 1 aliphatic rings. The maximum atomic E-state index is 5.74. The minimum atomic E-state index is 0.143. The molecule has 1 unspecified atom stereocenters. The molecule has 2 rings (SSSR count). The van der Waals surface area contributed by atoms with E-state index in [0.717, 1.165) is 29.4 Å². The van der Waals surface area contributed by atoms with Crippen molar-refractivity contribution in [2.45, 2.75) is 38.1 Å². The summed E-state index contributed by atoms with van der Waals surface area (Å²) in [5.74, 6) is 8.15. The van der Waals surface area contributed by atoms with Crippen LogP contribution < -0.4 is 20.7 Å². The van der Waals surface area contributed by atoms with Crippen LogP contribution in [0.3, 0.4) is 0 Å². The lowest BCUT2D eigenvalue weighted by molar-refractivity contribution is 0.364. The Labute approximate surface area is 115 Å². The largest absolute Gasteiger partial charge is 0.497 e. The van der Waals surface area contributed by atoms with E-state index in [1.807, 2.05) is 18.2 Å². The Balaban J connectivity index is 2.16. The van der Waals surface area contributed by atoms with E-state index in [9.17, 15) is 0 Å². The molecule has 0 aliphatic heterocycles. The van der Waals surface area contributed by atoms with Gasteiger partial charge in [0.1, 0.15) is 11.5 Å². The first-order valence-corrected chi connectivity index (χ1v) is 6.96. The second kappa shape index (κ2) is 6.78. The third kappa shape index (κ3) is 3.39. The van der Waals surface area contributed by atoms with Gasteiger partial charge in [-0.05, 0) is 18.4 Å². The third-order valence-electron chi connectivity index (χ3n) is 4.06. The molecular weight excluding hydrogens is 240 g/mol. The number of hydrogen-bond donors (Lipinski definition) is 2. The summed E-state index contributed by atoms with van der Waals surface area (Å²) in [5, 5.41) is 0. The Morgan fingerprint density at radius 3 is 2.58 bits per heavy atom. The van der Waals surface area contributed by atoms with Crippen LogP contribution in [0.1, 0.15) is 43.7 Å². The van der Waals surface area contributed by atoms with E-state index in [0.29, 0.717) is 0 Å². The third-order valence-corrected chi connectivity index (χ3v) is 4.06. The fourth-order valence-corrected chi connectivity index (χ4v) is 2.97.